The minimum Gasteiger partial charge on any atom is -0.394 e. The predicted molar refractivity (Wildman–Crippen MR) is 66.1 cm³/mol. The topological polar surface area (TPSA) is 49.2 Å². The number of aliphatic hydroxyl groups is 1. The van der Waals surface area contributed by atoms with E-state index in [1.54, 1.807) is 6.33 Å². The fraction of sp³-hybridized carbons (Fsp3) is 0.692. The van der Waals surface area contributed by atoms with Gasteiger partial charge >= 0.3 is 0 Å². The summed E-state index contributed by atoms with van der Waals surface area (Å²) >= 11 is 0. The van der Waals surface area contributed by atoms with E-state index in [4.69, 9.17) is 0 Å². The van der Waals surface area contributed by atoms with Crippen molar-refractivity contribution in [1.82, 2.24) is 9.97 Å². The number of nitrogens with zero attached hydrogens (tertiary/aromatic N) is 3. The van der Waals surface area contributed by atoms with E-state index in [0.29, 0.717) is 0 Å². The average Bonchev–Trinajstić information content (AvgIpc) is 2.86. The van der Waals surface area contributed by atoms with Gasteiger partial charge < -0.3 is 10.0 Å². The Hall–Kier alpha value is -1.16. The molecular formula is C13H19N3O. The lowest BCUT2D eigenvalue weighted by Gasteiger charge is -2.36. The van der Waals surface area contributed by atoms with Gasteiger partial charge in [0.2, 0.25) is 0 Å². The number of aliphatic hydroxyl groups excluding tert-OH is 1. The molecule has 2 heterocycles. The van der Waals surface area contributed by atoms with E-state index in [1.165, 1.54) is 30.5 Å². The Morgan fingerprint density at radius 1 is 1.24 bits per heavy atom. The van der Waals surface area contributed by atoms with Crippen molar-refractivity contribution in [1.29, 1.82) is 0 Å². The minimum absolute atomic E-state index is 0.235. The Labute approximate surface area is 102 Å². The molecule has 1 N–H and O–H groups in total. The standard InChI is InChI=1S/C13H19N3O/c17-8-10-4-1-2-7-16(10)13-11-5-3-6-12(11)14-9-15-13/h9-10,17H,1-8H2. The maximum Gasteiger partial charge on any atom is 0.135 e. The zero-order valence-corrected chi connectivity index (χ0v) is 10.1. The van der Waals surface area contributed by atoms with Crippen LogP contribution in [0.3, 0.4) is 0 Å². The van der Waals surface area contributed by atoms with Gasteiger partial charge in [0.15, 0.2) is 0 Å². The van der Waals surface area contributed by atoms with Crippen LogP contribution >= 0.6 is 0 Å². The van der Waals surface area contributed by atoms with Crippen LogP contribution in [0.4, 0.5) is 5.82 Å². The molecule has 4 nitrogen and oxygen atoms in total. The first-order valence-corrected chi connectivity index (χ1v) is 6.60. The fourth-order valence-electron chi connectivity index (χ4n) is 3.06. The quantitative estimate of drug-likeness (QED) is 0.837. The normalized spacial score (nSPS) is 23.8. The molecule has 1 unspecified atom stereocenters. The third-order valence-corrected chi connectivity index (χ3v) is 3.96. The molecule has 2 aliphatic rings. The predicted octanol–water partition coefficient (Wildman–Crippen LogP) is 1.32. The molecule has 0 radical (unpaired) electrons. The van der Waals surface area contributed by atoms with Gasteiger partial charge in [-0.25, -0.2) is 9.97 Å². The number of aromatic nitrogens is 2. The SMILES string of the molecule is OCC1CCCCN1c1ncnc2c1CCC2. The third-order valence-electron chi connectivity index (χ3n) is 3.96. The van der Waals surface area contributed by atoms with Gasteiger partial charge in [-0.2, -0.15) is 0 Å². The summed E-state index contributed by atoms with van der Waals surface area (Å²) in [5, 5.41) is 9.49. The number of aryl methyl sites for hydroxylation is 1. The molecule has 1 aromatic rings. The summed E-state index contributed by atoms with van der Waals surface area (Å²) in [4.78, 5) is 11.1. The average molecular weight is 233 g/mol. The van der Waals surface area contributed by atoms with E-state index in [1.807, 2.05) is 0 Å². The Morgan fingerprint density at radius 2 is 2.18 bits per heavy atom. The molecule has 0 saturated carbocycles. The van der Waals surface area contributed by atoms with Crippen LogP contribution in [0, 0.1) is 0 Å². The summed E-state index contributed by atoms with van der Waals surface area (Å²) in [5.41, 5.74) is 2.55. The van der Waals surface area contributed by atoms with Crippen LogP contribution in [-0.4, -0.2) is 34.3 Å². The zero-order valence-electron chi connectivity index (χ0n) is 10.1. The van der Waals surface area contributed by atoms with Gasteiger partial charge in [0.25, 0.3) is 0 Å². The molecule has 0 spiro atoms. The van der Waals surface area contributed by atoms with Crippen LogP contribution in [0.25, 0.3) is 0 Å². The molecule has 1 fully saturated rings. The highest BCUT2D eigenvalue weighted by Crippen LogP contribution is 2.31. The number of fused-ring (bicyclic) bond motifs is 1. The zero-order chi connectivity index (χ0) is 11.7. The van der Waals surface area contributed by atoms with E-state index in [-0.39, 0.29) is 12.6 Å². The highest BCUT2D eigenvalue weighted by atomic mass is 16.3. The lowest BCUT2D eigenvalue weighted by atomic mass is 10.0. The second-order valence-corrected chi connectivity index (χ2v) is 5.00. The lowest BCUT2D eigenvalue weighted by Crippen LogP contribution is -2.43. The van der Waals surface area contributed by atoms with Crippen LogP contribution in [0.15, 0.2) is 6.33 Å². The first-order chi connectivity index (χ1) is 8.40. The Kier molecular flexibility index (Phi) is 2.97. The number of hydrogen-bond donors (Lipinski definition) is 1. The molecule has 17 heavy (non-hydrogen) atoms. The summed E-state index contributed by atoms with van der Waals surface area (Å²) in [6.45, 7) is 1.26. The van der Waals surface area contributed by atoms with Crippen molar-refractivity contribution in [2.24, 2.45) is 0 Å². The Balaban J connectivity index is 1.95. The minimum atomic E-state index is 0.235. The number of anilines is 1. The van der Waals surface area contributed by atoms with Crippen molar-refractivity contribution >= 4 is 5.82 Å². The van der Waals surface area contributed by atoms with E-state index >= 15 is 0 Å². The van der Waals surface area contributed by atoms with Crippen LogP contribution in [0.2, 0.25) is 0 Å². The molecule has 1 aromatic heterocycles. The van der Waals surface area contributed by atoms with Crippen LogP contribution < -0.4 is 4.90 Å². The maximum atomic E-state index is 9.49. The third kappa shape index (κ3) is 1.90. The summed E-state index contributed by atoms with van der Waals surface area (Å²) in [5.74, 6) is 1.09. The summed E-state index contributed by atoms with van der Waals surface area (Å²) in [6, 6.07) is 0.253. The monoisotopic (exact) mass is 233 g/mol. The van der Waals surface area contributed by atoms with Crippen molar-refractivity contribution in [3.05, 3.63) is 17.6 Å². The van der Waals surface area contributed by atoms with Gasteiger partial charge in [0.1, 0.15) is 12.1 Å². The van der Waals surface area contributed by atoms with Gasteiger partial charge in [-0.05, 0) is 38.5 Å². The Morgan fingerprint density at radius 3 is 3.06 bits per heavy atom. The largest absolute Gasteiger partial charge is 0.394 e. The van der Waals surface area contributed by atoms with Gasteiger partial charge in [-0.15, -0.1) is 0 Å². The summed E-state index contributed by atoms with van der Waals surface area (Å²) < 4.78 is 0. The molecule has 0 bridgehead atoms. The summed E-state index contributed by atoms with van der Waals surface area (Å²) in [6.07, 6.45) is 8.56. The molecule has 1 saturated heterocycles. The van der Waals surface area contributed by atoms with Crippen molar-refractivity contribution < 1.29 is 5.11 Å². The number of hydrogen-bond acceptors (Lipinski definition) is 4. The molecule has 1 aliphatic carbocycles. The first-order valence-electron chi connectivity index (χ1n) is 6.60. The van der Waals surface area contributed by atoms with Gasteiger partial charge in [0, 0.05) is 17.8 Å². The second-order valence-electron chi connectivity index (χ2n) is 5.00. The van der Waals surface area contributed by atoms with Crippen LogP contribution in [-0.2, 0) is 12.8 Å². The molecule has 4 heteroatoms. The smallest absolute Gasteiger partial charge is 0.135 e. The lowest BCUT2D eigenvalue weighted by molar-refractivity contribution is 0.239. The molecule has 1 atom stereocenters. The molecule has 1 aliphatic heterocycles. The second kappa shape index (κ2) is 4.61. The molecular weight excluding hydrogens is 214 g/mol. The van der Waals surface area contributed by atoms with Gasteiger partial charge in [-0.3, -0.25) is 0 Å². The summed E-state index contributed by atoms with van der Waals surface area (Å²) in [7, 11) is 0. The molecule has 0 amide bonds. The highest BCUT2D eigenvalue weighted by Gasteiger charge is 2.27. The highest BCUT2D eigenvalue weighted by molar-refractivity contribution is 5.51. The van der Waals surface area contributed by atoms with E-state index in [2.05, 4.69) is 14.9 Å². The van der Waals surface area contributed by atoms with Crippen molar-refractivity contribution in [2.75, 3.05) is 18.1 Å². The van der Waals surface area contributed by atoms with E-state index < -0.39 is 0 Å². The Bertz CT molecular complexity index is 408. The molecule has 92 valence electrons. The van der Waals surface area contributed by atoms with E-state index in [9.17, 15) is 5.11 Å². The van der Waals surface area contributed by atoms with Crippen molar-refractivity contribution in [3.63, 3.8) is 0 Å². The van der Waals surface area contributed by atoms with E-state index in [0.717, 1.165) is 31.6 Å². The molecule has 0 aromatic carbocycles. The van der Waals surface area contributed by atoms with Crippen molar-refractivity contribution in [3.8, 4) is 0 Å². The van der Waals surface area contributed by atoms with Crippen LogP contribution in [0.5, 0.6) is 0 Å². The first kappa shape index (κ1) is 11.0. The molecule has 3 rings (SSSR count). The van der Waals surface area contributed by atoms with Crippen LogP contribution in [0.1, 0.15) is 36.9 Å². The maximum absolute atomic E-state index is 9.49. The van der Waals surface area contributed by atoms with Gasteiger partial charge in [0.05, 0.1) is 12.6 Å². The number of piperidine rings is 1. The fourth-order valence-corrected chi connectivity index (χ4v) is 3.06. The van der Waals surface area contributed by atoms with Crippen molar-refractivity contribution in [2.45, 2.75) is 44.6 Å². The van der Waals surface area contributed by atoms with Gasteiger partial charge in [-0.1, -0.05) is 0 Å². The number of rotatable bonds is 2.